The minimum Gasteiger partial charge on any atom is -0.480 e. The van der Waals surface area contributed by atoms with E-state index in [0.717, 1.165) is 25.0 Å². The van der Waals surface area contributed by atoms with Crippen molar-refractivity contribution in [3.8, 4) is 11.1 Å². The van der Waals surface area contributed by atoms with Gasteiger partial charge in [0.2, 0.25) is 0 Å². The third kappa shape index (κ3) is 4.44. The van der Waals surface area contributed by atoms with E-state index in [9.17, 15) is 27.9 Å². The van der Waals surface area contributed by atoms with Gasteiger partial charge in [-0.3, -0.25) is 0 Å². The number of carbonyl (C=O) groups is 2. The van der Waals surface area contributed by atoms with Crippen molar-refractivity contribution >= 4 is 17.7 Å². The number of carboxylic acid groups (broad SMARTS) is 1. The number of aliphatic carboxylic acids is 1. The zero-order chi connectivity index (χ0) is 20.3. The van der Waals surface area contributed by atoms with Gasteiger partial charge in [0.1, 0.15) is 6.04 Å². The van der Waals surface area contributed by atoms with E-state index in [1.165, 1.54) is 11.0 Å². The predicted octanol–water partition coefficient (Wildman–Crippen LogP) is 4.84. The number of carbonyl (C=O) groups excluding carboxylic acids is 1. The first kappa shape index (κ1) is 19.7. The molecule has 1 aliphatic rings. The van der Waals surface area contributed by atoms with Crippen molar-refractivity contribution in [1.82, 2.24) is 4.90 Å². The van der Waals surface area contributed by atoms with E-state index < -0.39 is 29.8 Å². The zero-order valence-corrected chi connectivity index (χ0v) is 14.9. The number of anilines is 1. The van der Waals surface area contributed by atoms with Crippen LogP contribution in [0.5, 0.6) is 0 Å². The molecule has 1 atom stereocenters. The molecular weight excluding hydrogens is 373 g/mol. The Bertz CT molecular complexity index is 866. The number of likely N-dealkylation sites (tertiary alicyclic amines) is 1. The van der Waals surface area contributed by atoms with Gasteiger partial charge in [0.25, 0.3) is 0 Å². The highest BCUT2D eigenvalue weighted by molar-refractivity contribution is 5.92. The summed E-state index contributed by atoms with van der Waals surface area (Å²) in [6.45, 7) is 0.366. The van der Waals surface area contributed by atoms with Crippen LogP contribution in [0.2, 0.25) is 0 Å². The van der Waals surface area contributed by atoms with E-state index >= 15 is 0 Å². The Hall–Kier alpha value is -3.03. The molecule has 1 heterocycles. The molecule has 1 saturated heterocycles. The molecule has 1 unspecified atom stereocenters. The van der Waals surface area contributed by atoms with Crippen LogP contribution >= 0.6 is 0 Å². The van der Waals surface area contributed by atoms with Gasteiger partial charge in [-0.25, -0.2) is 9.59 Å². The van der Waals surface area contributed by atoms with Crippen molar-refractivity contribution in [2.75, 3.05) is 11.9 Å². The molecule has 0 aliphatic carbocycles. The Kier molecular flexibility index (Phi) is 5.58. The summed E-state index contributed by atoms with van der Waals surface area (Å²) >= 11 is 0. The Morgan fingerprint density at radius 1 is 1.04 bits per heavy atom. The van der Waals surface area contributed by atoms with Crippen molar-refractivity contribution in [2.24, 2.45) is 0 Å². The summed E-state index contributed by atoms with van der Waals surface area (Å²) < 4.78 is 38.6. The van der Waals surface area contributed by atoms with Gasteiger partial charge in [-0.1, -0.05) is 24.3 Å². The minimum absolute atomic E-state index is 0.366. The molecule has 0 spiro atoms. The number of nitrogens with zero attached hydrogens (tertiary/aromatic N) is 1. The topological polar surface area (TPSA) is 69.6 Å². The lowest BCUT2D eigenvalue weighted by atomic mass is 10.0. The van der Waals surface area contributed by atoms with Gasteiger partial charge < -0.3 is 15.3 Å². The number of alkyl halides is 3. The molecule has 2 aromatic rings. The summed E-state index contributed by atoms with van der Waals surface area (Å²) in [5.41, 5.74) is 0.697. The molecule has 28 heavy (non-hydrogen) atoms. The Balaban J connectivity index is 1.73. The predicted molar refractivity (Wildman–Crippen MR) is 97.9 cm³/mol. The minimum atomic E-state index is -4.42. The summed E-state index contributed by atoms with van der Waals surface area (Å²) in [6.07, 6.45) is -2.51. The number of rotatable bonds is 3. The second-order valence-corrected chi connectivity index (χ2v) is 6.63. The molecule has 148 valence electrons. The lowest BCUT2D eigenvalue weighted by molar-refractivity contribution is -0.143. The molecule has 0 radical (unpaired) electrons. The lowest BCUT2D eigenvalue weighted by Crippen LogP contribution is -2.49. The van der Waals surface area contributed by atoms with Crippen LogP contribution in [0, 0.1) is 0 Å². The highest BCUT2D eigenvalue weighted by Crippen LogP contribution is 2.32. The fourth-order valence-corrected chi connectivity index (χ4v) is 3.25. The van der Waals surface area contributed by atoms with Crippen molar-refractivity contribution in [3.05, 3.63) is 54.1 Å². The monoisotopic (exact) mass is 392 g/mol. The van der Waals surface area contributed by atoms with Gasteiger partial charge in [0.05, 0.1) is 5.56 Å². The average Bonchev–Trinajstić information content (AvgIpc) is 2.68. The number of hydrogen-bond donors (Lipinski definition) is 2. The average molecular weight is 392 g/mol. The highest BCUT2D eigenvalue weighted by atomic mass is 19.4. The first-order valence-electron chi connectivity index (χ1n) is 8.84. The molecular formula is C20H19F3N2O3. The summed E-state index contributed by atoms with van der Waals surface area (Å²) in [5, 5.41) is 11.9. The van der Waals surface area contributed by atoms with E-state index in [0.29, 0.717) is 29.8 Å². The summed E-state index contributed by atoms with van der Waals surface area (Å²) in [6, 6.07) is 10.0. The second-order valence-electron chi connectivity index (χ2n) is 6.63. The third-order valence-electron chi connectivity index (χ3n) is 4.71. The molecule has 0 aromatic heterocycles. The van der Waals surface area contributed by atoms with Gasteiger partial charge in [-0.05, 0) is 54.7 Å². The van der Waals surface area contributed by atoms with E-state index in [1.54, 1.807) is 30.3 Å². The van der Waals surface area contributed by atoms with Crippen LogP contribution in [0.4, 0.5) is 23.7 Å². The molecule has 3 rings (SSSR count). The number of benzene rings is 2. The van der Waals surface area contributed by atoms with Crippen molar-refractivity contribution in [1.29, 1.82) is 0 Å². The molecule has 0 saturated carbocycles. The molecule has 2 aromatic carbocycles. The maximum atomic E-state index is 12.9. The Morgan fingerprint density at radius 2 is 1.75 bits per heavy atom. The van der Waals surface area contributed by atoms with Crippen molar-refractivity contribution in [3.63, 3.8) is 0 Å². The van der Waals surface area contributed by atoms with Crippen molar-refractivity contribution in [2.45, 2.75) is 31.5 Å². The first-order valence-corrected chi connectivity index (χ1v) is 8.84. The molecule has 1 fully saturated rings. The second kappa shape index (κ2) is 7.92. The standard InChI is InChI=1S/C20H19F3N2O3/c21-20(22,23)15-5-3-4-14(12-15)13-7-9-16(10-8-13)24-19(28)25-11-2-1-6-17(25)18(26)27/h3-5,7-10,12,17H,1-2,6,11H2,(H,24,28)(H,26,27). The largest absolute Gasteiger partial charge is 0.480 e. The number of halogens is 3. The van der Waals surface area contributed by atoms with E-state index in [4.69, 9.17) is 0 Å². The van der Waals surface area contributed by atoms with Crippen molar-refractivity contribution < 1.29 is 27.9 Å². The Morgan fingerprint density at radius 3 is 2.39 bits per heavy atom. The molecule has 1 aliphatic heterocycles. The lowest BCUT2D eigenvalue weighted by Gasteiger charge is -2.32. The van der Waals surface area contributed by atoms with E-state index in [1.807, 2.05) is 0 Å². The molecule has 8 heteroatoms. The molecule has 2 amide bonds. The van der Waals surface area contributed by atoms with Gasteiger partial charge >= 0.3 is 18.2 Å². The third-order valence-corrected chi connectivity index (χ3v) is 4.71. The molecule has 2 N–H and O–H groups in total. The van der Waals surface area contributed by atoms with Crippen LogP contribution in [0.3, 0.4) is 0 Å². The van der Waals surface area contributed by atoms with Crippen LogP contribution in [-0.4, -0.2) is 34.6 Å². The van der Waals surface area contributed by atoms with Crippen LogP contribution in [0.15, 0.2) is 48.5 Å². The number of piperidine rings is 1. The summed E-state index contributed by atoms with van der Waals surface area (Å²) in [7, 11) is 0. The van der Waals surface area contributed by atoms with Crippen LogP contribution in [-0.2, 0) is 11.0 Å². The normalized spacial score (nSPS) is 17.2. The number of amides is 2. The zero-order valence-electron chi connectivity index (χ0n) is 14.9. The van der Waals surface area contributed by atoms with Crippen LogP contribution in [0.25, 0.3) is 11.1 Å². The SMILES string of the molecule is O=C(O)C1CCCCN1C(=O)Nc1ccc(-c2cccc(C(F)(F)F)c2)cc1. The quantitative estimate of drug-likeness (QED) is 0.785. The molecule has 5 nitrogen and oxygen atoms in total. The van der Waals surface area contributed by atoms with Gasteiger partial charge in [-0.15, -0.1) is 0 Å². The summed E-state index contributed by atoms with van der Waals surface area (Å²) in [5.74, 6) is -1.03. The van der Waals surface area contributed by atoms with E-state index in [-0.39, 0.29) is 0 Å². The number of urea groups is 1. The molecule has 0 bridgehead atoms. The maximum Gasteiger partial charge on any atom is 0.416 e. The van der Waals surface area contributed by atoms with Crippen LogP contribution in [0.1, 0.15) is 24.8 Å². The number of carboxylic acids is 1. The maximum absolute atomic E-state index is 12.9. The highest BCUT2D eigenvalue weighted by Gasteiger charge is 2.32. The van der Waals surface area contributed by atoms with Gasteiger partial charge in [0, 0.05) is 12.2 Å². The Labute approximate surface area is 159 Å². The number of hydrogen-bond acceptors (Lipinski definition) is 2. The van der Waals surface area contributed by atoms with Crippen LogP contribution < -0.4 is 5.32 Å². The van der Waals surface area contributed by atoms with Gasteiger partial charge in [-0.2, -0.15) is 13.2 Å². The summed E-state index contributed by atoms with van der Waals surface area (Å²) in [4.78, 5) is 25.0. The van der Waals surface area contributed by atoms with Gasteiger partial charge in [0.15, 0.2) is 0 Å². The fourth-order valence-electron chi connectivity index (χ4n) is 3.25. The smallest absolute Gasteiger partial charge is 0.416 e. The van der Waals surface area contributed by atoms with E-state index in [2.05, 4.69) is 5.32 Å². The first-order chi connectivity index (χ1) is 13.3. The fraction of sp³-hybridized carbons (Fsp3) is 0.300. The number of nitrogens with one attached hydrogen (secondary N) is 1.